The summed E-state index contributed by atoms with van der Waals surface area (Å²) >= 11 is 0. The van der Waals surface area contributed by atoms with E-state index in [4.69, 9.17) is 0 Å². The molecule has 0 aliphatic heterocycles. The topological polar surface area (TPSA) is 34.1 Å². The van der Waals surface area contributed by atoms with Gasteiger partial charge in [0.2, 0.25) is 0 Å². The smallest absolute Gasteiger partial charge is 0.144 e. The van der Waals surface area contributed by atoms with Gasteiger partial charge in [-0.25, -0.2) is 0 Å². The summed E-state index contributed by atoms with van der Waals surface area (Å²) in [7, 11) is 0. The first-order chi connectivity index (χ1) is 6.13. The minimum Gasteiger partial charge on any atom is -0.299 e. The Labute approximate surface area is 106 Å². The average molecular weight is 199 g/mol. The van der Waals surface area contributed by atoms with E-state index in [-0.39, 0.29) is 41.1 Å². The number of hydrogen-bond acceptors (Lipinski definition) is 2. The molecule has 69 valence electrons. The SMILES string of the molecule is CC(=O)C(C(C)=O)c1ccccc1.[Na]. The molecule has 1 rings (SSSR count). The molecule has 2 nitrogen and oxygen atoms in total. The maximum absolute atomic E-state index is 11.2. The second kappa shape index (κ2) is 6.12. The Morgan fingerprint density at radius 1 is 1.00 bits per heavy atom. The van der Waals surface area contributed by atoms with E-state index in [0.717, 1.165) is 5.56 Å². The Morgan fingerprint density at radius 2 is 1.43 bits per heavy atom. The van der Waals surface area contributed by atoms with Crippen LogP contribution < -0.4 is 0 Å². The van der Waals surface area contributed by atoms with E-state index in [1.165, 1.54) is 13.8 Å². The van der Waals surface area contributed by atoms with Gasteiger partial charge in [-0.1, -0.05) is 30.3 Å². The second-order valence-electron chi connectivity index (χ2n) is 3.06. The van der Waals surface area contributed by atoms with Crippen LogP contribution in [0.2, 0.25) is 0 Å². The van der Waals surface area contributed by atoms with Crippen LogP contribution in [0, 0.1) is 0 Å². The van der Waals surface area contributed by atoms with Gasteiger partial charge in [0.05, 0.1) is 0 Å². The van der Waals surface area contributed by atoms with E-state index in [2.05, 4.69) is 0 Å². The van der Waals surface area contributed by atoms with Crippen molar-refractivity contribution in [1.82, 2.24) is 0 Å². The largest absolute Gasteiger partial charge is 0.299 e. The molecule has 0 saturated heterocycles. The van der Waals surface area contributed by atoms with Gasteiger partial charge in [0.15, 0.2) is 0 Å². The molecule has 3 heteroatoms. The van der Waals surface area contributed by atoms with Crippen molar-refractivity contribution in [2.24, 2.45) is 0 Å². The molecule has 0 aliphatic rings. The van der Waals surface area contributed by atoms with Crippen molar-refractivity contribution in [2.75, 3.05) is 0 Å². The number of hydrogen-bond donors (Lipinski definition) is 0. The predicted octanol–water partition coefficient (Wildman–Crippen LogP) is 1.57. The Kier molecular flexibility index (Phi) is 5.93. The van der Waals surface area contributed by atoms with E-state index in [0.29, 0.717) is 0 Å². The summed E-state index contributed by atoms with van der Waals surface area (Å²) in [6.07, 6.45) is 0. The monoisotopic (exact) mass is 199 g/mol. The summed E-state index contributed by atoms with van der Waals surface area (Å²) in [5.41, 5.74) is 0.780. The summed E-state index contributed by atoms with van der Waals surface area (Å²) in [4.78, 5) is 22.3. The molecule has 1 radical (unpaired) electrons. The van der Waals surface area contributed by atoms with Gasteiger partial charge in [-0.3, -0.25) is 9.59 Å². The van der Waals surface area contributed by atoms with Crippen molar-refractivity contribution < 1.29 is 9.59 Å². The van der Waals surface area contributed by atoms with Crippen molar-refractivity contribution in [2.45, 2.75) is 19.8 Å². The van der Waals surface area contributed by atoms with Crippen LogP contribution in [0.4, 0.5) is 0 Å². The third kappa shape index (κ3) is 3.37. The van der Waals surface area contributed by atoms with Gasteiger partial charge >= 0.3 is 0 Å². The van der Waals surface area contributed by atoms with Crippen LogP contribution in [0.5, 0.6) is 0 Å². The van der Waals surface area contributed by atoms with Gasteiger partial charge in [-0.05, 0) is 19.4 Å². The zero-order chi connectivity index (χ0) is 9.84. The Balaban J connectivity index is 0.00000169. The normalized spacial score (nSPS) is 9.36. The van der Waals surface area contributed by atoms with Crippen molar-refractivity contribution in [3.05, 3.63) is 35.9 Å². The van der Waals surface area contributed by atoms with Crippen LogP contribution in [-0.4, -0.2) is 41.1 Å². The van der Waals surface area contributed by atoms with Crippen LogP contribution >= 0.6 is 0 Å². The fraction of sp³-hybridized carbons (Fsp3) is 0.273. The van der Waals surface area contributed by atoms with Gasteiger partial charge in [0, 0.05) is 29.6 Å². The number of Topliss-reactive ketones (excluding diaryl/α,β-unsaturated/α-hetero) is 2. The molecule has 14 heavy (non-hydrogen) atoms. The first kappa shape index (κ1) is 13.6. The standard InChI is InChI=1S/C11H12O2.Na/c1-8(12)11(9(2)13)10-6-4-3-5-7-10;/h3-7,11H,1-2H3;. The molecule has 1 aromatic rings. The maximum Gasteiger partial charge on any atom is 0.144 e. The van der Waals surface area contributed by atoms with Gasteiger partial charge in [0.1, 0.15) is 17.5 Å². The number of benzene rings is 1. The zero-order valence-electron chi connectivity index (χ0n) is 8.78. The molecule has 0 heterocycles. The molecule has 0 unspecified atom stereocenters. The number of rotatable bonds is 3. The van der Waals surface area contributed by atoms with Gasteiger partial charge < -0.3 is 0 Å². The quantitative estimate of drug-likeness (QED) is 0.547. The van der Waals surface area contributed by atoms with Crippen LogP contribution in [-0.2, 0) is 9.59 Å². The van der Waals surface area contributed by atoms with Gasteiger partial charge in [-0.15, -0.1) is 0 Å². The molecule has 0 N–H and O–H groups in total. The van der Waals surface area contributed by atoms with Crippen molar-refractivity contribution in [3.8, 4) is 0 Å². The van der Waals surface area contributed by atoms with Gasteiger partial charge in [-0.2, -0.15) is 0 Å². The van der Waals surface area contributed by atoms with Crippen LogP contribution in [0.15, 0.2) is 30.3 Å². The fourth-order valence-electron chi connectivity index (χ4n) is 1.40. The second-order valence-corrected chi connectivity index (χ2v) is 3.06. The molecule has 0 atom stereocenters. The molecule has 0 aliphatic carbocycles. The van der Waals surface area contributed by atoms with E-state index < -0.39 is 5.92 Å². The molecule has 0 spiro atoms. The minimum absolute atomic E-state index is 0. The van der Waals surface area contributed by atoms with Crippen LogP contribution in [0.3, 0.4) is 0 Å². The molecular formula is C11H12NaO2. The summed E-state index contributed by atoms with van der Waals surface area (Å²) in [5.74, 6) is -0.779. The predicted molar refractivity (Wildman–Crippen MR) is 56.3 cm³/mol. The minimum atomic E-state index is -0.582. The molecule has 0 bridgehead atoms. The first-order valence-corrected chi connectivity index (χ1v) is 4.18. The van der Waals surface area contributed by atoms with Crippen molar-refractivity contribution in [1.29, 1.82) is 0 Å². The van der Waals surface area contributed by atoms with Crippen molar-refractivity contribution in [3.63, 3.8) is 0 Å². The third-order valence-corrected chi connectivity index (χ3v) is 1.95. The summed E-state index contributed by atoms with van der Waals surface area (Å²) in [6.45, 7) is 2.89. The summed E-state index contributed by atoms with van der Waals surface area (Å²) < 4.78 is 0. The third-order valence-electron chi connectivity index (χ3n) is 1.95. The fourth-order valence-corrected chi connectivity index (χ4v) is 1.40. The maximum atomic E-state index is 11.2. The van der Waals surface area contributed by atoms with Gasteiger partial charge in [0.25, 0.3) is 0 Å². The van der Waals surface area contributed by atoms with E-state index in [1.54, 1.807) is 12.1 Å². The molecule has 1 aromatic carbocycles. The first-order valence-electron chi connectivity index (χ1n) is 4.18. The molecule has 0 fully saturated rings. The molecule has 0 amide bonds. The van der Waals surface area contributed by atoms with E-state index >= 15 is 0 Å². The molecule has 0 aromatic heterocycles. The van der Waals surface area contributed by atoms with E-state index in [9.17, 15) is 9.59 Å². The van der Waals surface area contributed by atoms with Crippen LogP contribution in [0.25, 0.3) is 0 Å². The Bertz CT molecular complexity index is 305. The summed E-state index contributed by atoms with van der Waals surface area (Å²) in [6, 6.07) is 9.12. The Hall–Kier alpha value is -0.440. The number of carbonyl (C=O) groups excluding carboxylic acids is 2. The molecular weight excluding hydrogens is 187 g/mol. The molecule has 0 saturated carbocycles. The zero-order valence-corrected chi connectivity index (χ0v) is 10.8. The Morgan fingerprint density at radius 3 is 1.79 bits per heavy atom. The van der Waals surface area contributed by atoms with E-state index in [1.807, 2.05) is 18.2 Å². The summed E-state index contributed by atoms with van der Waals surface area (Å²) in [5, 5.41) is 0. The van der Waals surface area contributed by atoms with Crippen molar-refractivity contribution >= 4 is 41.1 Å². The number of carbonyl (C=O) groups is 2. The average Bonchev–Trinajstić information content (AvgIpc) is 2.04. The number of ketones is 2. The van der Waals surface area contributed by atoms with Crippen LogP contribution in [0.1, 0.15) is 25.3 Å².